The first-order chi connectivity index (χ1) is 7.97. The molecule has 0 radical (unpaired) electrons. The number of carbonyl (C=O) groups excluding carboxylic acids is 1. The van der Waals surface area contributed by atoms with Crippen LogP contribution >= 0.6 is 0 Å². The summed E-state index contributed by atoms with van der Waals surface area (Å²) in [7, 11) is 0. The molecule has 0 aromatic carbocycles. The lowest BCUT2D eigenvalue weighted by Gasteiger charge is -2.38. The van der Waals surface area contributed by atoms with Gasteiger partial charge in [0.15, 0.2) is 0 Å². The van der Waals surface area contributed by atoms with Crippen molar-refractivity contribution in [3.8, 4) is 0 Å². The van der Waals surface area contributed by atoms with E-state index in [1.54, 1.807) is 0 Å². The summed E-state index contributed by atoms with van der Waals surface area (Å²) in [5.74, 6) is -1.08. The molecule has 0 aromatic rings. The number of carboxylic acid groups (broad SMARTS) is 1. The summed E-state index contributed by atoms with van der Waals surface area (Å²) < 4.78 is 1.12. The molecule has 1 N–H and O–H groups in total. The van der Waals surface area contributed by atoms with Crippen molar-refractivity contribution in [3.05, 3.63) is 0 Å². The van der Waals surface area contributed by atoms with E-state index in [2.05, 4.69) is 20.8 Å². The zero-order valence-electron chi connectivity index (χ0n) is 11.9. The summed E-state index contributed by atoms with van der Waals surface area (Å²) in [5.41, 5.74) is 0. The minimum Gasteiger partial charge on any atom is -0.550 e. The van der Waals surface area contributed by atoms with E-state index in [-0.39, 0.29) is 0 Å². The SMILES string of the molecule is CC(=O)[O-].CCC[N+](CCC)(CCC)CCO. The first-order valence-corrected chi connectivity index (χ1v) is 6.61. The van der Waals surface area contributed by atoms with Crippen LogP contribution < -0.4 is 5.11 Å². The highest BCUT2D eigenvalue weighted by Crippen LogP contribution is 2.10. The van der Waals surface area contributed by atoms with E-state index in [0.29, 0.717) is 6.61 Å². The number of aliphatic hydroxyl groups excluding tert-OH is 1. The second-order valence-electron chi connectivity index (χ2n) is 4.45. The molecule has 0 aliphatic heterocycles. The Kier molecular flexibility index (Phi) is 13.1. The molecule has 0 spiro atoms. The molecule has 0 aromatic heterocycles. The zero-order valence-corrected chi connectivity index (χ0v) is 11.9. The van der Waals surface area contributed by atoms with Gasteiger partial charge in [0.1, 0.15) is 6.54 Å². The Morgan fingerprint density at radius 3 is 1.47 bits per heavy atom. The van der Waals surface area contributed by atoms with Crippen molar-refractivity contribution in [1.82, 2.24) is 0 Å². The van der Waals surface area contributed by atoms with Gasteiger partial charge in [0.2, 0.25) is 0 Å². The van der Waals surface area contributed by atoms with Crippen molar-refractivity contribution in [2.24, 2.45) is 0 Å². The van der Waals surface area contributed by atoms with Gasteiger partial charge < -0.3 is 19.5 Å². The molecule has 0 bridgehead atoms. The maximum absolute atomic E-state index is 9.07. The van der Waals surface area contributed by atoms with Gasteiger partial charge in [-0.25, -0.2) is 0 Å². The van der Waals surface area contributed by atoms with Crippen LogP contribution in [0.1, 0.15) is 47.0 Å². The molecule has 4 heteroatoms. The van der Waals surface area contributed by atoms with E-state index in [1.165, 1.54) is 38.9 Å². The number of quaternary nitrogens is 1. The molecular weight excluding hydrogens is 218 g/mol. The van der Waals surface area contributed by atoms with Crippen molar-refractivity contribution in [2.75, 3.05) is 32.8 Å². The zero-order chi connectivity index (χ0) is 13.7. The molecule has 0 unspecified atom stereocenters. The highest BCUT2D eigenvalue weighted by Gasteiger charge is 2.23. The van der Waals surface area contributed by atoms with Crippen LogP contribution in [0.4, 0.5) is 0 Å². The summed E-state index contributed by atoms with van der Waals surface area (Å²) in [6.45, 7) is 12.6. The number of aliphatic hydroxyl groups is 1. The van der Waals surface area contributed by atoms with Gasteiger partial charge in [0.25, 0.3) is 0 Å². The summed E-state index contributed by atoms with van der Waals surface area (Å²) in [6, 6.07) is 0. The fourth-order valence-corrected chi connectivity index (χ4v) is 2.31. The van der Waals surface area contributed by atoms with Crippen molar-refractivity contribution in [3.63, 3.8) is 0 Å². The first kappa shape index (κ1) is 18.7. The number of nitrogens with zero attached hydrogens (tertiary/aromatic N) is 1. The number of hydrogen-bond acceptors (Lipinski definition) is 3. The lowest BCUT2D eigenvalue weighted by molar-refractivity contribution is -0.928. The Bertz CT molecular complexity index is 150. The van der Waals surface area contributed by atoms with Gasteiger partial charge >= 0.3 is 0 Å². The molecule has 0 saturated heterocycles. The van der Waals surface area contributed by atoms with E-state index in [0.717, 1.165) is 18.0 Å². The number of carbonyl (C=O) groups is 1. The van der Waals surface area contributed by atoms with Crippen molar-refractivity contribution in [1.29, 1.82) is 0 Å². The summed E-state index contributed by atoms with van der Waals surface area (Å²) in [4.78, 5) is 8.89. The predicted molar refractivity (Wildman–Crippen MR) is 68.4 cm³/mol. The predicted octanol–water partition coefficient (Wildman–Crippen LogP) is 0.782. The molecule has 0 amide bonds. The average molecular weight is 247 g/mol. The lowest BCUT2D eigenvalue weighted by Crippen LogP contribution is -2.51. The summed E-state index contributed by atoms with van der Waals surface area (Å²) in [6.07, 6.45) is 3.67. The van der Waals surface area contributed by atoms with Crippen molar-refractivity contribution in [2.45, 2.75) is 47.0 Å². The normalized spacial score (nSPS) is 10.6. The van der Waals surface area contributed by atoms with Crippen molar-refractivity contribution < 1.29 is 19.5 Å². The van der Waals surface area contributed by atoms with Crippen LogP contribution in [-0.4, -0.2) is 48.3 Å². The van der Waals surface area contributed by atoms with Crippen LogP contribution in [-0.2, 0) is 4.79 Å². The lowest BCUT2D eigenvalue weighted by atomic mass is 10.2. The molecular formula is C13H29NO3. The molecule has 0 saturated carbocycles. The fraction of sp³-hybridized carbons (Fsp3) is 0.923. The Morgan fingerprint density at radius 1 is 1.00 bits per heavy atom. The van der Waals surface area contributed by atoms with Gasteiger partial charge in [0, 0.05) is 5.97 Å². The second-order valence-corrected chi connectivity index (χ2v) is 4.45. The van der Waals surface area contributed by atoms with Crippen LogP contribution in [0.2, 0.25) is 0 Å². The third-order valence-corrected chi connectivity index (χ3v) is 2.67. The Hall–Kier alpha value is -0.610. The molecule has 0 aliphatic carbocycles. The monoisotopic (exact) mass is 247 g/mol. The van der Waals surface area contributed by atoms with Crippen LogP contribution in [0.5, 0.6) is 0 Å². The van der Waals surface area contributed by atoms with Gasteiger partial charge in [-0.05, 0) is 26.2 Å². The Labute approximate surface area is 106 Å². The first-order valence-electron chi connectivity index (χ1n) is 6.61. The molecule has 0 heterocycles. The Morgan fingerprint density at radius 2 is 1.29 bits per heavy atom. The maximum Gasteiger partial charge on any atom is 0.102 e. The van der Waals surface area contributed by atoms with Gasteiger partial charge in [0.05, 0.1) is 26.2 Å². The van der Waals surface area contributed by atoms with E-state index in [4.69, 9.17) is 15.0 Å². The molecule has 17 heavy (non-hydrogen) atoms. The van der Waals surface area contributed by atoms with E-state index in [9.17, 15) is 0 Å². The van der Waals surface area contributed by atoms with Gasteiger partial charge in [-0.3, -0.25) is 0 Å². The third-order valence-electron chi connectivity index (χ3n) is 2.67. The van der Waals surface area contributed by atoms with Crippen LogP contribution in [0.25, 0.3) is 0 Å². The molecule has 0 rings (SSSR count). The number of aliphatic carboxylic acids is 1. The average Bonchev–Trinajstić information content (AvgIpc) is 2.18. The minimum atomic E-state index is -1.08. The highest BCUT2D eigenvalue weighted by molar-refractivity contribution is 5.60. The molecule has 0 aliphatic rings. The van der Waals surface area contributed by atoms with Crippen LogP contribution in [0.15, 0.2) is 0 Å². The fourth-order valence-electron chi connectivity index (χ4n) is 2.31. The number of carboxylic acids is 1. The van der Waals surface area contributed by atoms with Gasteiger partial charge in [-0.15, -0.1) is 0 Å². The van der Waals surface area contributed by atoms with E-state index >= 15 is 0 Å². The number of rotatable bonds is 8. The molecule has 4 nitrogen and oxygen atoms in total. The third kappa shape index (κ3) is 11.6. The standard InChI is InChI=1S/C11H26NO.C2H4O2/c1-4-7-12(8-5-2,9-6-3)10-11-13;1-2(3)4/h13H,4-11H2,1-3H3;1H3,(H,3,4)/q+1;/p-1. The minimum absolute atomic E-state index is 0.333. The van der Waals surface area contributed by atoms with Crippen molar-refractivity contribution >= 4 is 5.97 Å². The highest BCUT2D eigenvalue weighted by atomic mass is 16.4. The van der Waals surface area contributed by atoms with E-state index < -0.39 is 5.97 Å². The topological polar surface area (TPSA) is 60.4 Å². The van der Waals surface area contributed by atoms with E-state index in [1.807, 2.05) is 0 Å². The Balaban J connectivity index is 0. The van der Waals surface area contributed by atoms with Gasteiger partial charge in [-0.1, -0.05) is 20.8 Å². The summed E-state index contributed by atoms with van der Waals surface area (Å²) in [5, 5.41) is 18.0. The summed E-state index contributed by atoms with van der Waals surface area (Å²) >= 11 is 0. The molecule has 104 valence electrons. The van der Waals surface area contributed by atoms with Crippen LogP contribution in [0, 0.1) is 0 Å². The van der Waals surface area contributed by atoms with Crippen LogP contribution in [0.3, 0.4) is 0 Å². The smallest absolute Gasteiger partial charge is 0.102 e. The largest absolute Gasteiger partial charge is 0.550 e. The molecule has 0 atom stereocenters. The maximum atomic E-state index is 9.07. The van der Waals surface area contributed by atoms with Gasteiger partial charge in [-0.2, -0.15) is 0 Å². The quantitative estimate of drug-likeness (QED) is 0.645. The second kappa shape index (κ2) is 11.9. The number of hydrogen-bond donors (Lipinski definition) is 1. The molecule has 0 fully saturated rings.